The third-order valence-corrected chi connectivity index (χ3v) is 5.28. The highest BCUT2D eigenvalue weighted by molar-refractivity contribution is 5.81. The van der Waals surface area contributed by atoms with E-state index in [0.29, 0.717) is 6.42 Å². The third kappa shape index (κ3) is 5.15. The second-order valence-corrected chi connectivity index (χ2v) is 7.66. The fourth-order valence-corrected chi connectivity index (χ4v) is 3.82. The van der Waals surface area contributed by atoms with Gasteiger partial charge < -0.3 is 20.1 Å². The number of rotatable bonds is 9. The number of benzene rings is 2. The Morgan fingerprint density at radius 2 is 1.62 bits per heavy atom. The van der Waals surface area contributed by atoms with Crippen LogP contribution < -0.4 is 5.32 Å². The molecule has 154 valence electrons. The van der Waals surface area contributed by atoms with Gasteiger partial charge in [0.05, 0.1) is 0 Å². The summed E-state index contributed by atoms with van der Waals surface area (Å²) < 4.78 is 5.44. The summed E-state index contributed by atoms with van der Waals surface area (Å²) in [5, 5.41) is 11.9. The van der Waals surface area contributed by atoms with Crippen LogP contribution in [-0.2, 0) is 9.53 Å². The molecule has 0 spiro atoms. The van der Waals surface area contributed by atoms with Gasteiger partial charge in [0.25, 0.3) is 0 Å². The zero-order valence-electron chi connectivity index (χ0n) is 16.9. The topological polar surface area (TPSA) is 78.9 Å². The van der Waals surface area contributed by atoms with Crippen molar-refractivity contribution in [1.29, 1.82) is 0 Å². The van der Waals surface area contributed by atoms with E-state index < -0.39 is 18.1 Å². The van der Waals surface area contributed by atoms with Crippen LogP contribution in [0.4, 0.5) is 4.79 Å². The number of carbonyl (C=O) groups excluding carboxylic acids is 1. The quantitative estimate of drug-likeness (QED) is 0.632. The van der Waals surface area contributed by atoms with Crippen molar-refractivity contribution >= 4 is 12.1 Å². The van der Waals surface area contributed by atoms with E-state index in [-0.39, 0.29) is 12.5 Å². The zero-order valence-corrected chi connectivity index (χ0v) is 16.9. The summed E-state index contributed by atoms with van der Waals surface area (Å²) in [5.74, 6) is -1.08. The lowest BCUT2D eigenvalue weighted by Crippen LogP contribution is -2.41. The van der Waals surface area contributed by atoms with Crippen molar-refractivity contribution < 1.29 is 19.4 Å². The highest BCUT2D eigenvalue weighted by atomic mass is 16.5. The van der Waals surface area contributed by atoms with Crippen LogP contribution in [0.3, 0.4) is 0 Å². The number of alkyl carbamates (subject to hydrolysis) is 1. The van der Waals surface area contributed by atoms with Gasteiger partial charge in [-0.3, -0.25) is 0 Å². The van der Waals surface area contributed by atoms with E-state index in [4.69, 9.17) is 4.74 Å². The number of hydrogen-bond acceptors (Lipinski definition) is 4. The fourth-order valence-electron chi connectivity index (χ4n) is 3.82. The van der Waals surface area contributed by atoms with Gasteiger partial charge in [-0.05, 0) is 62.2 Å². The van der Waals surface area contributed by atoms with Gasteiger partial charge in [-0.15, -0.1) is 0 Å². The fraction of sp³-hybridized carbons (Fsp3) is 0.391. The molecule has 2 N–H and O–H groups in total. The van der Waals surface area contributed by atoms with Crippen LogP contribution in [0.5, 0.6) is 0 Å². The first kappa shape index (κ1) is 20.9. The first-order valence-corrected chi connectivity index (χ1v) is 9.96. The molecule has 0 aromatic heterocycles. The predicted molar refractivity (Wildman–Crippen MR) is 112 cm³/mol. The van der Waals surface area contributed by atoms with Crippen LogP contribution in [-0.4, -0.2) is 55.4 Å². The van der Waals surface area contributed by atoms with Gasteiger partial charge in [0.1, 0.15) is 12.6 Å². The molecule has 1 atom stereocenters. The Balaban J connectivity index is 1.58. The van der Waals surface area contributed by atoms with E-state index in [2.05, 4.69) is 22.3 Å². The number of hydrogen-bond donors (Lipinski definition) is 2. The van der Waals surface area contributed by atoms with Gasteiger partial charge in [-0.25, -0.2) is 9.59 Å². The second-order valence-electron chi connectivity index (χ2n) is 7.66. The van der Waals surface area contributed by atoms with Crippen molar-refractivity contribution in [2.75, 3.05) is 27.2 Å². The monoisotopic (exact) mass is 396 g/mol. The van der Waals surface area contributed by atoms with Crippen molar-refractivity contribution in [3.05, 3.63) is 59.7 Å². The molecule has 0 saturated heterocycles. The molecule has 1 aliphatic rings. The zero-order chi connectivity index (χ0) is 20.8. The maximum Gasteiger partial charge on any atom is 0.407 e. The molecule has 1 amide bonds. The molecule has 0 saturated carbocycles. The number of nitrogens with zero attached hydrogens (tertiary/aromatic N) is 1. The minimum atomic E-state index is -1.04. The summed E-state index contributed by atoms with van der Waals surface area (Å²) in [7, 11) is 3.95. The predicted octanol–water partition coefficient (Wildman–Crippen LogP) is 3.71. The van der Waals surface area contributed by atoms with Crippen LogP contribution >= 0.6 is 0 Å². The molecule has 6 heteroatoms. The van der Waals surface area contributed by atoms with E-state index in [1.54, 1.807) is 0 Å². The minimum absolute atomic E-state index is 0.0449. The maximum atomic E-state index is 12.3. The van der Waals surface area contributed by atoms with Crippen LogP contribution in [0.2, 0.25) is 0 Å². The Kier molecular flexibility index (Phi) is 6.88. The van der Waals surface area contributed by atoms with Crippen LogP contribution in [0.25, 0.3) is 11.1 Å². The van der Waals surface area contributed by atoms with E-state index >= 15 is 0 Å². The van der Waals surface area contributed by atoms with Crippen molar-refractivity contribution in [2.24, 2.45) is 0 Å². The molecule has 2 aromatic carbocycles. The molecular weight excluding hydrogens is 368 g/mol. The van der Waals surface area contributed by atoms with E-state index in [9.17, 15) is 14.7 Å². The number of fused-ring (bicyclic) bond motifs is 3. The first-order chi connectivity index (χ1) is 14.0. The molecular formula is C23H28N2O4. The Morgan fingerprint density at radius 1 is 1.03 bits per heavy atom. The first-order valence-electron chi connectivity index (χ1n) is 9.96. The summed E-state index contributed by atoms with van der Waals surface area (Å²) in [6.07, 6.45) is 1.29. The largest absolute Gasteiger partial charge is 0.480 e. The standard InChI is InChI=1S/C23H28N2O4/c1-25(2)14-8-7-13-21(22(26)27)24-23(28)29-15-20-18-11-5-3-9-16(18)17-10-4-6-12-19(17)20/h3-6,9-12,20-21H,7-8,13-15H2,1-2H3,(H,24,28)(H,26,27)/t21-/m1/s1. The van der Waals surface area contributed by atoms with Crippen LogP contribution in [0, 0.1) is 0 Å². The van der Waals surface area contributed by atoms with Gasteiger partial charge in [0.15, 0.2) is 0 Å². The van der Waals surface area contributed by atoms with E-state index in [1.165, 1.54) is 0 Å². The number of unbranched alkanes of at least 4 members (excludes halogenated alkanes) is 1. The Hall–Kier alpha value is -2.86. The molecule has 0 heterocycles. The lowest BCUT2D eigenvalue weighted by atomic mass is 9.98. The van der Waals surface area contributed by atoms with Crippen LogP contribution in [0.1, 0.15) is 36.3 Å². The maximum absolute atomic E-state index is 12.3. The van der Waals surface area contributed by atoms with Gasteiger partial charge in [0, 0.05) is 5.92 Å². The average Bonchev–Trinajstić information content (AvgIpc) is 3.02. The minimum Gasteiger partial charge on any atom is -0.480 e. The number of amides is 1. The number of nitrogens with one attached hydrogen (secondary N) is 1. The van der Waals surface area contributed by atoms with Crippen molar-refractivity contribution in [1.82, 2.24) is 10.2 Å². The molecule has 6 nitrogen and oxygen atoms in total. The van der Waals surface area contributed by atoms with E-state index in [0.717, 1.165) is 41.6 Å². The third-order valence-electron chi connectivity index (χ3n) is 5.28. The number of ether oxygens (including phenoxy) is 1. The average molecular weight is 396 g/mol. The number of carboxylic acids is 1. The molecule has 0 unspecified atom stereocenters. The molecule has 0 radical (unpaired) electrons. The summed E-state index contributed by atoms with van der Waals surface area (Å²) >= 11 is 0. The number of carboxylic acid groups (broad SMARTS) is 1. The van der Waals surface area contributed by atoms with Gasteiger partial charge in [-0.2, -0.15) is 0 Å². The smallest absolute Gasteiger partial charge is 0.407 e. The summed E-state index contributed by atoms with van der Waals surface area (Å²) in [4.78, 5) is 25.8. The molecule has 1 aliphatic carbocycles. The van der Waals surface area contributed by atoms with Crippen LogP contribution in [0.15, 0.2) is 48.5 Å². The normalized spacial score (nSPS) is 13.6. The molecule has 2 aromatic rings. The number of aliphatic carboxylic acids is 1. The second kappa shape index (κ2) is 9.56. The molecule has 3 rings (SSSR count). The van der Waals surface area contributed by atoms with Crippen molar-refractivity contribution in [3.8, 4) is 11.1 Å². The summed E-state index contributed by atoms with van der Waals surface area (Å²) in [5.41, 5.74) is 4.56. The SMILES string of the molecule is CN(C)CCCC[C@@H](NC(=O)OCC1c2ccccc2-c2ccccc21)C(=O)O. The molecule has 0 bridgehead atoms. The Morgan fingerprint density at radius 3 is 2.17 bits per heavy atom. The summed E-state index contributed by atoms with van der Waals surface area (Å²) in [6.45, 7) is 1.06. The van der Waals surface area contributed by atoms with E-state index in [1.807, 2.05) is 50.5 Å². The Bertz CT molecular complexity index is 820. The van der Waals surface area contributed by atoms with Gasteiger partial charge in [0.2, 0.25) is 0 Å². The van der Waals surface area contributed by atoms with Crippen molar-refractivity contribution in [3.63, 3.8) is 0 Å². The lowest BCUT2D eigenvalue weighted by Gasteiger charge is -2.18. The molecule has 0 fully saturated rings. The van der Waals surface area contributed by atoms with Gasteiger partial charge in [-0.1, -0.05) is 48.5 Å². The Labute approximate surface area is 171 Å². The highest BCUT2D eigenvalue weighted by Crippen LogP contribution is 2.44. The lowest BCUT2D eigenvalue weighted by molar-refractivity contribution is -0.139. The van der Waals surface area contributed by atoms with Crippen molar-refractivity contribution in [2.45, 2.75) is 31.2 Å². The van der Waals surface area contributed by atoms with Gasteiger partial charge >= 0.3 is 12.1 Å². The molecule has 29 heavy (non-hydrogen) atoms. The molecule has 0 aliphatic heterocycles. The highest BCUT2D eigenvalue weighted by Gasteiger charge is 2.29. The number of carbonyl (C=O) groups is 2. The summed E-state index contributed by atoms with van der Waals surface area (Å²) in [6, 6.07) is 15.3.